The Kier molecular flexibility index (Phi) is 7.87. The van der Waals surface area contributed by atoms with Crippen LogP contribution < -0.4 is 4.74 Å². The maximum Gasteiger partial charge on any atom is 0.381 e. The van der Waals surface area contributed by atoms with Crippen LogP contribution in [-0.2, 0) is 14.3 Å². The lowest BCUT2D eigenvalue weighted by Gasteiger charge is -2.27. The minimum atomic E-state index is -0.818. The van der Waals surface area contributed by atoms with Crippen LogP contribution in [0.2, 0.25) is 0 Å². The number of nitro groups is 1. The van der Waals surface area contributed by atoms with Gasteiger partial charge in [0.15, 0.2) is 0 Å². The van der Waals surface area contributed by atoms with Crippen molar-refractivity contribution in [2.75, 3.05) is 13.7 Å². The number of likely N-dealkylation sites (tertiary alicyclic amines) is 1. The summed E-state index contributed by atoms with van der Waals surface area (Å²) in [4.78, 5) is 42.3. The number of carbonyl (C=O) groups excluding carboxylic acids is 2. The number of ether oxygens (including phenoxy) is 2. The largest absolute Gasteiger partial charge is 0.488 e. The number of hydrogen-bond acceptors (Lipinski definition) is 8. The van der Waals surface area contributed by atoms with Crippen molar-refractivity contribution in [1.82, 2.24) is 14.5 Å². The highest BCUT2D eigenvalue weighted by atomic mass is 16.6. The minimum Gasteiger partial charge on any atom is -0.488 e. The standard InChI is InChI=1S/C25H30N4O7/c1-3-4-5-6-7-20(27-15-23(26-16-27)29(32)33)24(30)28-14-19(13-21(28)25(31)34-2)36-18-8-9-22-17(12-18)10-11-35-22/h8-12,15-16,19-21H,3-7,13-14H2,1-2H3/t19-,20+,21-/m0/s1. The summed E-state index contributed by atoms with van der Waals surface area (Å²) in [5, 5.41) is 12.1. The molecule has 0 radical (unpaired) electrons. The third-order valence-corrected chi connectivity index (χ3v) is 6.50. The Labute approximate surface area is 208 Å². The minimum absolute atomic E-state index is 0.185. The van der Waals surface area contributed by atoms with Gasteiger partial charge in [0.1, 0.15) is 35.7 Å². The van der Waals surface area contributed by atoms with Gasteiger partial charge in [-0.25, -0.2) is 4.79 Å². The van der Waals surface area contributed by atoms with E-state index >= 15 is 0 Å². The highest BCUT2D eigenvalue weighted by molar-refractivity contribution is 5.87. The molecule has 0 bridgehead atoms. The molecule has 0 unspecified atom stereocenters. The van der Waals surface area contributed by atoms with Gasteiger partial charge in [-0.05, 0) is 40.6 Å². The normalized spacial score (nSPS) is 18.3. The van der Waals surface area contributed by atoms with Gasteiger partial charge >= 0.3 is 11.8 Å². The van der Waals surface area contributed by atoms with Crippen LogP contribution in [-0.4, -0.2) is 57.1 Å². The highest BCUT2D eigenvalue weighted by Gasteiger charge is 2.44. The molecule has 3 atom stereocenters. The number of esters is 1. The fraction of sp³-hybridized carbons (Fsp3) is 0.480. The number of nitrogens with zero attached hydrogens (tertiary/aromatic N) is 4. The Morgan fingerprint density at radius 2 is 2.11 bits per heavy atom. The summed E-state index contributed by atoms with van der Waals surface area (Å²) in [5.41, 5.74) is 0.735. The molecule has 1 aliphatic rings. The van der Waals surface area contributed by atoms with Crippen LogP contribution in [0.15, 0.2) is 47.5 Å². The van der Waals surface area contributed by atoms with Crippen molar-refractivity contribution >= 4 is 28.7 Å². The number of fused-ring (bicyclic) bond motifs is 1. The number of imidazole rings is 1. The summed E-state index contributed by atoms with van der Waals surface area (Å²) < 4.78 is 18.0. The average molecular weight is 499 g/mol. The molecular formula is C25H30N4O7. The number of benzene rings is 1. The third kappa shape index (κ3) is 5.50. The van der Waals surface area contributed by atoms with Crippen LogP contribution in [0.4, 0.5) is 5.82 Å². The van der Waals surface area contributed by atoms with Crippen molar-refractivity contribution in [2.24, 2.45) is 0 Å². The molecule has 36 heavy (non-hydrogen) atoms. The van der Waals surface area contributed by atoms with E-state index < -0.39 is 29.1 Å². The Hall–Kier alpha value is -3.89. The van der Waals surface area contributed by atoms with Gasteiger partial charge in [0, 0.05) is 11.8 Å². The molecule has 4 rings (SSSR count). The van der Waals surface area contributed by atoms with E-state index in [4.69, 9.17) is 13.9 Å². The van der Waals surface area contributed by atoms with Crippen LogP contribution in [0.3, 0.4) is 0 Å². The van der Waals surface area contributed by atoms with Gasteiger partial charge in [-0.3, -0.25) is 9.36 Å². The van der Waals surface area contributed by atoms with E-state index in [1.54, 1.807) is 18.4 Å². The Bertz CT molecular complexity index is 1220. The molecule has 3 heterocycles. The molecule has 3 aromatic rings. The van der Waals surface area contributed by atoms with Crippen LogP contribution in [0.25, 0.3) is 11.0 Å². The Morgan fingerprint density at radius 1 is 1.28 bits per heavy atom. The number of hydrogen-bond donors (Lipinski definition) is 0. The zero-order valence-electron chi connectivity index (χ0n) is 20.4. The molecule has 1 aliphatic heterocycles. The highest BCUT2D eigenvalue weighted by Crippen LogP contribution is 2.30. The van der Waals surface area contributed by atoms with Gasteiger partial charge in [0.25, 0.3) is 0 Å². The number of aromatic nitrogens is 2. The lowest BCUT2D eigenvalue weighted by atomic mass is 10.1. The second-order valence-corrected chi connectivity index (χ2v) is 8.93. The first-order valence-electron chi connectivity index (χ1n) is 12.1. The fourth-order valence-corrected chi connectivity index (χ4v) is 4.64. The van der Waals surface area contributed by atoms with Crippen molar-refractivity contribution in [2.45, 2.75) is 63.6 Å². The van der Waals surface area contributed by atoms with Crippen molar-refractivity contribution < 1.29 is 28.4 Å². The first kappa shape index (κ1) is 25.2. The summed E-state index contributed by atoms with van der Waals surface area (Å²) in [6, 6.07) is 5.72. The predicted molar refractivity (Wildman–Crippen MR) is 129 cm³/mol. The summed E-state index contributed by atoms with van der Waals surface area (Å²) in [7, 11) is 1.29. The number of unbranched alkanes of at least 4 members (excludes halogenated alkanes) is 3. The van der Waals surface area contributed by atoms with E-state index in [1.807, 2.05) is 12.1 Å². The molecule has 0 aliphatic carbocycles. The second-order valence-electron chi connectivity index (χ2n) is 8.93. The van der Waals surface area contributed by atoms with E-state index in [1.165, 1.54) is 29.1 Å². The van der Waals surface area contributed by atoms with Crippen molar-refractivity contribution in [3.8, 4) is 5.75 Å². The molecule has 0 N–H and O–H groups in total. The zero-order valence-corrected chi connectivity index (χ0v) is 20.4. The third-order valence-electron chi connectivity index (χ3n) is 6.50. The van der Waals surface area contributed by atoms with Gasteiger partial charge in [0.2, 0.25) is 12.2 Å². The number of amides is 1. The second kappa shape index (κ2) is 11.2. The lowest BCUT2D eigenvalue weighted by Crippen LogP contribution is -2.44. The smallest absolute Gasteiger partial charge is 0.381 e. The maximum atomic E-state index is 13.8. The summed E-state index contributed by atoms with van der Waals surface area (Å²) in [5.74, 6) is -0.567. The summed E-state index contributed by atoms with van der Waals surface area (Å²) in [6.45, 7) is 2.28. The maximum absolute atomic E-state index is 13.8. The number of rotatable bonds is 11. The molecule has 11 heteroatoms. The van der Waals surface area contributed by atoms with E-state index in [0.29, 0.717) is 12.2 Å². The molecule has 1 fully saturated rings. The SMILES string of the molecule is CCCCCC[C@H](C(=O)N1C[C@@H](Oc2ccc3occc3c2)C[C@H]1C(=O)OC)n1cnc([N+](=O)[O-])c1. The summed E-state index contributed by atoms with van der Waals surface area (Å²) >= 11 is 0. The summed E-state index contributed by atoms with van der Waals surface area (Å²) in [6.07, 6.45) is 8.23. The fourth-order valence-electron chi connectivity index (χ4n) is 4.64. The molecule has 192 valence electrons. The van der Waals surface area contributed by atoms with Crippen molar-refractivity contribution in [3.63, 3.8) is 0 Å². The first-order valence-corrected chi connectivity index (χ1v) is 12.1. The topological polar surface area (TPSA) is 130 Å². The van der Waals surface area contributed by atoms with Crippen molar-refractivity contribution in [1.29, 1.82) is 0 Å². The molecule has 0 spiro atoms. The number of methoxy groups -OCH3 is 1. The number of carbonyl (C=O) groups is 2. The zero-order chi connectivity index (χ0) is 25.7. The molecule has 1 amide bonds. The van der Waals surface area contributed by atoms with Gasteiger partial charge < -0.3 is 28.9 Å². The lowest BCUT2D eigenvalue weighted by molar-refractivity contribution is -0.389. The van der Waals surface area contributed by atoms with Crippen LogP contribution in [0.1, 0.15) is 51.5 Å². The number of furan rings is 1. The monoisotopic (exact) mass is 498 g/mol. The van der Waals surface area contributed by atoms with Gasteiger partial charge in [-0.2, -0.15) is 0 Å². The van der Waals surface area contributed by atoms with Gasteiger partial charge in [0.05, 0.1) is 19.9 Å². The van der Waals surface area contributed by atoms with Crippen LogP contribution in [0, 0.1) is 10.1 Å². The predicted octanol–water partition coefficient (Wildman–Crippen LogP) is 4.27. The van der Waals surface area contributed by atoms with Gasteiger partial charge in [-0.15, -0.1) is 0 Å². The van der Waals surface area contributed by atoms with Crippen LogP contribution in [0.5, 0.6) is 5.75 Å². The van der Waals surface area contributed by atoms with E-state index in [9.17, 15) is 19.7 Å². The molecule has 11 nitrogen and oxygen atoms in total. The van der Waals surface area contributed by atoms with Gasteiger partial charge in [-0.1, -0.05) is 32.6 Å². The van der Waals surface area contributed by atoms with Crippen LogP contribution >= 0.6 is 0 Å². The molecule has 2 aromatic heterocycles. The first-order chi connectivity index (χ1) is 17.4. The Morgan fingerprint density at radius 3 is 2.83 bits per heavy atom. The van der Waals surface area contributed by atoms with E-state index in [-0.39, 0.29) is 24.7 Å². The molecular weight excluding hydrogens is 468 g/mol. The Balaban J connectivity index is 1.55. The molecule has 0 saturated carbocycles. The molecule has 1 aromatic carbocycles. The quantitative estimate of drug-likeness (QED) is 0.166. The average Bonchev–Trinajstić information content (AvgIpc) is 3.62. The molecule has 1 saturated heterocycles. The van der Waals surface area contributed by atoms with Crippen molar-refractivity contribution in [3.05, 3.63) is 53.2 Å². The van der Waals surface area contributed by atoms with E-state index in [0.717, 1.165) is 36.7 Å². The van der Waals surface area contributed by atoms with E-state index in [2.05, 4.69) is 11.9 Å².